The van der Waals surface area contributed by atoms with Gasteiger partial charge < -0.3 is 0 Å². The lowest BCUT2D eigenvalue weighted by molar-refractivity contribution is -0.180. The van der Waals surface area contributed by atoms with Crippen LogP contribution in [0.3, 0.4) is 0 Å². The molecule has 0 radical (unpaired) electrons. The smallest absolute Gasteiger partial charge is 0.255 e. The second-order valence-corrected chi connectivity index (χ2v) is 0.836. The lowest BCUT2D eigenvalue weighted by atomic mass is 10.9. The molecule has 0 rings (SSSR count). The van der Waals surface area contributed by atoms with E-state index < -0.39 is 5.97 Å². The molecule has 0 spiro atoms. The molecule has 0 amide bonds. The van der Waals surface area contributed by atoms with Gasteiger partial charge in [0.25, 0.3) is 0 Å². The molecular formula is C4H8F2O2. The number of hydrogen-bond acceptors (Lipinski definition) is 2. The molecule has 0 saturated heterocycles. The molecule has 0 aromatic carbocycles. The van der Waals surface area contributed by atoms with Gasteiger partial charge in [-0.3, -0.25) is 9.33 Å². The Morgan fingerprint density at radius 2 is 1.88 bits per heavy atom. The Kier molecular flexibility index (Phi) is 12.4. The van der Waals surface area contributed by atoms with E-state index in [9.17, 15) is 13.7 Å². The topological polar surface area (TPSA) is 26.3 Å². The van der Waals surface area contributed by atoms with Gasteiger partial charge in [0.2, 0.25) is 0 Å². The van der Waals surface area contributed by atoms with Crippen LogP contribution in [0.25, 0.3) is 0 Å². The molecule has 0 saturated carbocycles. The first kappa shape index (κ1) is 10.3. The molecule has 0 N–H and O–H groups in total. The fourth-order valence-corrected chi connectivity index (χ4v) is 0. The average molecular weight is 126 g/mol. The van der Waals surface area contributed by atoms with Crippen molar-refractivity contribution >= 4 is 5.97 Å². The Morgan fingerprint density at radius 1 is 1.75 bits per heavy atom. The number of halogens is 2. The fraction of sp³-hybridized carbons (Fsp3) is 0.750. The van der Waals surface area contributed by atoms with Crippen LogP contribution in [0.5, 0.6) is 0 Å². The van der Waals surface area contributed by atoms with Gasteiger partial charge in [0, 0.05) is 11.4 Å². The monoisotopic (exact) mass is 126 g/mol. The Bertz CT molecular complexity index is 56.0. The van der Waals surface area contributed by atoms with E-state index in [1.807, 2.05) is 0 Å². The van der Waals surface area contributed by atoms with Crippen LogP contribution in [0.2, 0.25) is 0 Å². The molecule has 0 heterocycles. The first-order valence-electron chi connectivity index (χ1n) is 2.04. The van der Waals surface area contributed by atoms with Crippen LogP contribution >= 0.6 is 0 Å². The van der Waals surface area contributed by atoms with Crippen molar-refractivity contribution in [3.63, 3.8) is 0 Å². The predicted octanol–water partition coefficient (Wildman–Crippen LogP) is 1.41. The number of hydrogen-bond donors (Lipinski definition) is 0. The van der Waals surface area contributed by atoms with Crippen molar-refractivity contribution in [3.8, 4) is 0 Å². The highest BCUT2D eigenvalue weighted by molar-refractivity contribution is 5.64. The van der Waals surface area contributed by atoms with Gasteiger partial charge in [-0.05, 0) is 6.92 Å². The zero-order valence-electron chi connectivity index (χ0n) is 4.78. The molecule has 0 aromatic rings. The summed E-state index contributed by atoms with van der Waals surface area (Å²) < 4.78 is 20.6. The van der Waals surface area contributed by atoms with E-state index in [1.165, 1.54) is 6.92 Å². The van der Waals surface area contributed by atoms with E-state index in [0.717, 1.165) is 6.92 Å². The quantitative estimate of drug-likeness (QED) is 0.490. The predicted molar refractivity (Wildman–Crippen MR) is 24.5 cm³/mol. The van der Waals surface area contributed by atoms with Crippen LogP contribution in [0.1, 0.15) is 13.8 Å². The van der Waals surface area contributed by atoms with E-state index >= 15 is 0 Å². The Hall–Kier alpha value is -0.670. The zero-order valence-corrected chi connectivity index (χ0v) is 4.78. The number of carbonyl (C=O) groups excluding carboxylic acids is 1. The number of alkyl halides is 1. The maximum atomic E-state index is 10.3. The average Bonchev–Trinajstić information content (AvgIpc) is 1.69. The van der Waals surface area contributed by atoms with Gasteiger partial charge in [-0.25, -0.2) is 4.79 Å². The minimum atomic E-state index is -0.912. The van der Waals surface area contributed by atoms with Crippen molar-refractivity contribution in [2.75, 3.05) is 6.67 Å². The van der Waals surface area contributed by atoms with Gasteiger partial charge in [0.15, 0.2) is 0 Å². The third-order valence-corrected chi connectivity index (χ3v) is 0.109. The molecule has 0 bridgehead atoms. The summed E-state index contributed by atoms with van der Waals surface area (Å²) >= 11 is 0. The molecule has 2 nitrogen and oxygen atoms in total. The van der Waals surface area contributed by atoms with Crippen molar-refractivity contribution in [3.05, 3.63) is 0 Å². The SMILES string of the molecule is CC(=O)OF.CCF. The molecule has 50 valence electrons. The largest absolute Gasteiger partial charge is 0.345 e. The van der Waals surface area contributed by atoms with E-state index in [1.54, 1.807) is 0 Å². The fourth-order valence-electron chi connectivity index (χ4n) is 0. The third-order valence-electron chi connectivity index (χ3n) is 0.109. The standard InChI is InChI=1S/C2H3FO2.C2H5F/c1-2(4)5-3;1-2-3/h1H3;2H2,1H3. The molecule has 0 aromatic heterocycles. The second-order valence-electron chi connectivity index (χ2n) is 0.836. The molecule has 0 aliphatic heterocycles. The van der Waals surface area contributed by atoms with Gasteiger partial charge in [-0.15, -0.1) is 0 Å². The summed E-state index contributed by atoms with van der Waals surface area (Å²) in [5, 5.41) is 0. The van der Waals surface area contributed by atoms with Crippen molar-refractivity contribution in [1.82, 2.24) is 0 Å². The highest BCUT2D eigenvalue weighted by Gasteiger charge is 1.81. The molecule has 4 heteroatoms. The summed E-state index contributed by atoms with van der Waals surface area (Å²) in [6.45, 7) is 2.19. The van der Waals surface area contributed by atoms with Crippen LogP contribution in [-0.4, -0.2) is 12.6 Å². The Balaban J connectivity index is 0. The molecule has 0 fully saturated rings. The lowest BCUT2D eigenvalue weighted by Crippen LogP contribution is -1.83. The Labute approximate surface area is 46.3 Å². The van der Waals surface area contributed by atoms with Gasteiger partial charge >= 0.3 is 5.97 Å². The maximum Gasteiger partial charge on any atom is 0.345 e. The van der Waals surface area contributed by atoms with Crippen molar-refractivity contribution in [1.29, 1.82) is 0 Å². The molecule has 0 aliphatic rings. The first-order valence-corrected chi connectivity index (χ1v) is 2.04. The molecular weight excluding hydrogens is 118 g/mol. The molecule has 0 unspecified atom stereocenters. The van der Waals surface area contributed by atoms with Crippen molar-refractivity contribution < 1.29 is 18.7 Å². The molecule has 8 heavy (non-hydrogen) atoms. The summed E-state index contributed by atoms with van der Waals surface area (Å²) in [4.78, 5) is 11.8. The van der Waals surface area contributed by atoms with E-state index in [-0.39, 0.29) is 6.67 Å². The van der Waals surface area contributed by atoms with Gasteiger partial charge in [-0.2, -0.15) is 0 Å². The highest BCUT2D eigenvalue weighted by Crippen LogP contribution is 1.69. The summed E-state index contributed by atoms with van der Waals surface area (Å²) in [5.74, 6) is -0.912. The first-order chi connectivity index (χ1) is 3.68. The van der Waals surface area contributed by atoms with Crippen LogP contribution in [-0.2, 0) is 9.74 Å². The van der Waals surface area contributed by atoms with Crippen LogP contribution in [0, 0.1) is 0 Å². The van der Waals surface area contributed by atoms with E-state index in [0.29, 0.717) is 0 Å². The van der Waals surface area contributed by atoms with Crippen LogP contribution in [0.15, 0.2) is 0 Å². The van der Waals surface area contributed by atoms with Gasteiger partial charge in [-0.1, -0.05) is 0 Å². The van der Waals surface area contributed by atoms with Crippen LogP contribution in [0.4, 0.5) is 8.92 Å². The van der Waals surface area contributed by atoms with E-state index in [2.05, 4.69) is 4.94 Å². The second kappa shape index (κ2) is 9.59. The summed E-state index contributed by atoms with van der Waals surface area (Å²) in [6, 6.07) is 0. The summed E-state index contributed by atoms with van der Waals surface area (Å²) in [7, 11) is 0. The maximum absolute atomic E-state index is 10.3. The highest BCUT2D eigenvalue weighted by atomic mass is 19.3. The Morgan fingerprint density at radius 3 is 1.88 bits per heavy atom. The third kappa shape index (κ3) is 56.5. The number of carbonyl (C=O) groups is 1. The number of rotatable bonds is 0. The normalized spacial score (nSPS) is 6.50. The minimum Gasteiger partial charge on any atom is -0.255 e. The minimum absolute atomic E-state index is 0.250. The van der Waals surface area contributed by atoms with Gasteiger partial charge in [0.05, 0.1) is 6.67 Å². The summed E-state index contributed by atoms with van der Waals surface area (Å²) in [6.07, 6.45) is 0. The lowest BCUT2D eigenvalue weighted by Gasteiger charge is -1.71. The molecule has 0 atom stereocenters. The van der Waals surface area contributed by atoms with Crippen LogP contribution < -0.4 is 0 Å². The van der Waals surface area contributed by atoms with Crippen molar-refractivity contribution in [2.24, 2.45) is 0 Å². The zero-order chi connectivity index (χ0) is 6.99. The van der Waals surface area contributed by atoms with Crippen molar-refractivity contribution in [2.45, 2.75) is 13.8 Å². The van der Waals surface area contributed by atoms with E-state index in [4.69, 9.17) is 0 Å². The van der Waals surface area contributed by atoms with Gasteiger partial charge in [0.1, 0.15) is 0 Å². The molecule has 0 aliphatic carbocycles. The summed E-state index contributed by atoms with van der Waals surface area (Å²) in [5.41, 5.74) is 0.